The third-order valence-electron chi connectivity index (χ3n) is 3.54. The Morgan fingerprint density at radius 1 is 1.37 bits per heavy atom. The zero-order valence-corrected chi connectivity index (χ0v) is 10.4. The number of anilines is 1. The molecule has 0 aromatic heterocycles. The smallest absolute Gasteiger partial charge is 0.335 e. The Balaban J connectivity index is 2.04. The first-order valence-electron chi connectivity index (χ1n) is 6.11. The Morgan fingerprint density at radius 2 is 2.16 bits per heavy atom. The molecule has 96 valence electrons. The van der Waals surface area contributed by atoms with Crippen molar-refractivity contribution in [1.29, 1.82) is 0 Å². The van der Waals surface area contributed by atoms with Gasteiger partial charge >= 0.3 is 5.97 Å². The second kappa shape index (κ2) is 4.09. The standard InChI is InChI=1S/C15H13NO3/c1-8-2-5-12-11(6-8)14(17)10-4-3-9(15(18)19)7-13(10)16-12/h2-7,10,13,16H,1H3,(H,18,19). The van der Waals surface area contributed by atoms with Gasteiger partial charge < -0.3 is 10.4 Å². The van der Waals surface area contributed by atoms with Gasteiger partial charge in [0.2, 0.25) is 0 Å². The second-order valence-corrected chi connectivity index (χ2v) is 4.90. The Hall–Kier alpha value is -2.36. The zero-order chi connectivity index (χ0) is 13.6. The fraction of sp³-hybridized carbons (Fsp3) is 0.200. The Labute approximate surface area is 110 Å². The summed E-state index contributed by atoms with van der Waals surface area (Å²) in [6, 6.07) is 5.38. The van der Waals surface area contributed by atoms with Crippen LogP contribution in [0, 0.1) is 12.8 Å². The average molecular weight is 255 g/mol. The summed E-state index contributed by atoms with van der Waals surface area (Å²) in [4.78, 5) is 23.4. The molecule has 1 heterocycles. The van der Waals surface area contributed by atoms with Crippen LogP contribution in [0.15, 0.2) is 42.0 Å². The van der Waals surface area contributed by atoms with E-state index < -0.39 is 5.97 Å². The van der Waals surface area contributed by atoms with Crippen molar-refractivity contribution in [1.82, 2.24) is 0 Å². The molecule has 1 aromatic carbocycles. The molecular formula is C15H13NO3. The molecule has 1 aliphatic heterocycles. The van der Waals surface area contributed by atoms with Gasteiger partial charge in [0.05, 0.1) is 17.5 Å². The topological polar surface area (TPSA) is 66.4 Å². The number of carbonyl (C=O) groups is 2. The fourth-order valence-electron chi connectivity index (χ4n) is 2.55. The minimum Gasteiger partial charge on any atom is -0.478 e. The molecule has 19 heavy (non-hydrogen) atoms. The summed E-state index contributed by atoms with van der Waals surface area (Å²) in [5.41, 5.74) is 2.71. The summed E-state index contributed by atoms with van der Waals surface area (Å²) in [6.45, 7) is 1.94. The highest BCUT2D eigenvalue weighted by Crippen LogP contribution is 2.33. The van der Waals surface area contributed by atoms with Crippen LogP contribution in [-0.4, -0.2) is 22.9 Å². The number of aryl methyl sites for hydroxylation is 1. The highest BCUT2D eigenvalue weighted by atomic mass is 16.4. The van der Waals surface area contributed by atoms with E-state index in [1.54, 1.807) is 12.2 Å². The number of benzene rings is 1. The molecule has 0 spiro atoms. The lowest BCUT2D eigenvalue weighted by molar-refractivity contribution is -0.132. The van der Waals surface area contributed by atoms with Crippen LogP contribution < -0.4 is 5.32 Å². The van der Waals surface area contributed by atoms with Crippen LogP contribution in [0.1, 0.15) is 15.9 Å². The summed E-state index contributed by atoms with van der Waals surface area (Å²) >= 11 is 0. The van der Waals surface area contributed by atoms with Gasteiger partial charge in [0, 0.05) is 11.3 Å². The van der Waals surface area contributed by atoms with Crippen LogP contribution in [0.3, 0.4) is 0 Å². The highest BCUT2D eigenvalue weighted by Gasteiger charge is 2.34. The van der Waals surface area contributed by atoms with Crippen LogP contribution >= 0.6 is 0 Å². The molecule has 0 bridgehead atoms. The summed E-state index contributed by atoms with van der Waals surface area (Å²) in [5.74, 6) is -1.25. The van der Waals surface area contributed by atoms with Crippen LogP contribution in [0.25, 0.3) is 0 Å². The summed E-state index contributed by atoms with van der Waals surface area (Å²) in [6.07, 6.45) is 4.78. The van der Waals surface area contributed by atoms with Gasteiger partial charge in [-0.2, -0.15) is 0 Å². The molecule has 0 fully saturated rings. The number of carboxylic acid groups (broad SMARTS) is 1. The SMILES string of the molecule is Cc1ccc2c(c1)C(=O)C1C=CC(C(=O)O)=CC1N2. The zero-order valence-electron chi connectivity index (χ0n) is 10.4. The van der Waals surface area contributed by atoms with E-state index in [1.807, 2.05) is 25.1 Å². The summed E-state index contributed by atoms with van der Waals surface area (Å²) < 4.78 is 0. The number of Topliss-reactive ketones (excluding diaryl/α,β-unsaturated/α-hetero) is 1. The molecule has 1 aliphatic carbocycles. The van der Waals surface area contributed by atoms with Gasteiger partial charge in [-0.05, 0) is 25.1 Å². The summed E-state index contributed by atoms with van der Waals surface area (Å²) in [5, 5.41) is 12.2. The molecule has 4 heteroatoms. The molecule has 2 N–H and O–H groups in total. The van der Waals surface area contributed by atoms with Crippen molar-refractivity contribution in [3.8, 4) is 0 Å². The Morgan fingerprint density at radius 3 is 2.89 bits per heavy atom. The quantitative estimate of drug-likeness (QED) is 0.807. The molecule has 2 unspecified atom stereocenters. The lowest BCUT2D eigenvalue weighted by Crippen LogP contribution is -2.39. The number of hydrogen-bond donors (Lipinski definition) is 2. The fourth-order valence-corrected chi connectivity index (χ4v) is 2.55. The molecule has 4 nitrogen and oxygen atoms in total. The maximum absolute atomic E-state index is 12.4. The van der Waals surface area contributed by atoms with E-state index in [0.29, 0.717) is 5.56 Å². The van der Waals surface area contributed by atoms with Crippen molar-refractivity contribution in [3.05, 3.63) is 53.1 Å². The van der Waals surface area contributed by atoms with Crippen molar-refractivity contribution in [2.75, 3.05) is 5.32 Å². The van der Waals surface area contributed by atoms with Crippen LogP contribution in [-0.2, 0) is 4.79 Å². The molecule has 2 atom stereocenters. The van der Waals surface area contributed by atoms with Gasteiger partial charge in [-0.1, -0.05) is 23.8 Å². The van der Waals surface area contributed by atoms with Crippen LogP contribution in [0.5, 0.6) is 0 Å². The van der Waals surface area contributed by atoms with Crippen molar-refractivity contribution < 1.29 is 14.7 Å². The van der Waals surface area contributed by atoms with Gasteiger partial charge in [-0.15, -0.1) is 0 Å². The maximum Gasteiger partial charge on any atom is 0.335 e. The lowest BCUT2D eigenvalue weighted by Gasteiger charge is -2.32. The summed E-state index contributed by atoms with van der Waals surface area (Å²) in [7, 11) is 0. The number of carbonyl (C=O) groups excluding carboxylic acids is 1. The highest BCUT2D eigenvalue weighted by molar-refractivity contribution is 6.07. The van der Waals surface area contributed by atoms with E-state index >= 15 is 0 Å². The third kappa shape index (κ3) is 1.85. The minimum absolute atomic E-state index is 0.0411. The first-order chi connectivity index (χ1) is 9.06. The van der Waals surface area contributed by atoms with Gasteiger partial charge in [-0.3, -0.25) is 4.79 Å². The maximum atomic E-state index is 12.4. The molecule has 3 rings (SSSR count). The Kier molecular flexibility index (Phi) is 2.52. The van der Waals surface area contributed by atoms with Crippen molar-refractivity contribution in [2.24, 2.45) is 5.92 Å². The molecule has 2 aliphatic rings. The van der Waals surface area contributed by atoms with E-state index in [4.69, 9.17) is 5.11 Å². The molecule has 0 saturated carbocycles. The number of fused-ring (bicyclic) bond motifs is 2. The monoisotopic (exact) mass is 255 g/mol. The number of aliphatic carboxylic acids is 1. The molecule has 0 saturated heterocycles. The van der Waals surface area contributed by atoms with E-state index in [1.165, 1.54) is 6.08 Å². The normalized spacial score (nSPS) is 24.1. The molecule has 1 aromatic rings. The van der Waals surface area contributed by atoms with Gasteiger partial charge in [0.15, 0.2) is 5.78 Å². The van der Waals surface area contributed by atoms with Gasteiger partial charge in [0.1, 0.15) is 0 Å². The van der Waals surface area contributed by atoms with Crippen LogP contribution in [0.2, 0.25) is 0 Å². The van der Waals surface area contributed by atoms with Crippen LogP contribution in [0.4, 0.5) is 5.69 Å². The first kappa shape index (κ1) is 11.7. The van der Waals surface area contributed by atoms with E-state index in [-0.39, 0.29) is 23.3 Å². The number of ketones is 1. The minimum atomic E-state index is -0.973. The predicted molar refractivity (Wildman–Crippen MR) is 71.3 cm³/mol. The predicted octanol–water partition coefficient (Wildman–Crippen LogP) is 2.17. The van der Waals surface area contributed by atoms with Gasteiger partial charge in [0.25, 0.3) is 0 Å². The van der Waals surface area contributed by atoms with Gasteiger partial charge in [-0.25, -0.2) is 4.79 Å². The molecular weight excluding hydrogens is 242 g/mol. The first-order valence-corrected chi connectivity index (χ1v) is 6.11. The van der Waals surface area contributed by atoms with Crippen molar-refractivity contribution >= 4 is 17.4 Å². The second-order valence-electron chi connectivity index (χ2n) is 4.90. The molecule has 0 amide bonds. The van der Waals surface area contributed by atoms with Crippen molar-refractivity contribution in [2.45, 2.75) is 13.0 Å². The Bertz CT molecular complexity index is 643. The van der Waals surface area contributed by atoms with E-state index in [2.05, 4.69) is 5.32 Å². The number of nitrogens with one attached hydrogen (secondary N) is 1. The lowest BCUT2D eigenvalue weighted by atomic mass is 9.81. The number of carboxylic acids is 1. The number of rotatable bonds is 1. The number of hydrogen-bond acceptors (Lipinski definition) is 3. The average Bonchev–Trinajstić information content (AvgIpc) is 2.39. The van der Waals surface area contributed by atoms with E-state index in [9.17, 15) is 9.59 Å². The van der Waals surface area contributed by atoms with E-state index in [0.717, 1.165) is 11.3 Å². The third-order valence-corrected chi connectivity index (χ3v) is 3.54. The molecule has 0 radical (unpaired) electrons. The largest absolute Gasteiger partial charge is 0.478 e. The van der Waals surface area contributed by atoms with Crippen molar-refractivity contribution in [3.63, 3.8) is 0 Å².